The molecule has 7 heteroatoms. The maximum atomic E-state index is 13.5. The number of amides is 1. The van der Waals surface area contributed by atoms with E-state index in [1.807, 2.05) is 0 Å². The highest BCUT2D eigenvalue weighted by molar-refractivity contribution is 9.10. The highest BCUT2D eigenvalue weighted by atomic mass is 79.9. The van der Waals surface area contributed by atoms with Gasteiger partial charge in [0.1, 0.15) is 11.6 Å². The molecule has 2 rings (SSSR count). The van der Waals surface area contributed by atoms with E-state index in [-0.39, 0.29) is 11.3 Å². The lowest BCUT2D eigenvalue weighted by atomic mass is 10.2. The molecule has 22 heavy (non-hydrogen) atoms. The third-order valence-corrected chi connectivity index (χ3v) is 3.08. The maximum absolute atomic E-state index is 13.5. The minimum absolute atomic E-state index is 0.231. The lowest BCUT2D eigenvalue weighted by Gasteiger charge is -2.07. The zero-order valence-electron chi connectivity index (χ0n) is 11.1. The molecule has 1 amide bonds. The molecular formula is C15H10BrF2NO3. The molecular weight excluding hydrogens is 360 g/mol. The summed E-state index contributed by atoms with van der Waals surface area (Å²) in [6.45, 7) is -0.610. The number of rotatable bonds is 4. The van der Waals surface area contributed by atoms with Crippen LogP contribution in [0.15, 0.2) is 46.9 Å². The number of ether oxygens (including phenoxy) is 1. The average molecular weight is 370 g/mol. The predicted molar refractivity (Wildman–Crippen MR) is 79.4 cm³/mol. The first-order chi connectivity index (χ1) is 10.5. The summed E-state index contributed by atoms with van der Waals surface area (Å²) in [6, 6.07) is 9.04. The maximum Gasteiger partial charge on any atom is 0.341 e. The lowest BCUT2D eigenvalue weighted by molar-refractivity contribution is -0.119. The van der Waals surface area contributed by atoms with Crippen molar-refractivity contribution in [2.75, 3.05) is 11.9 Å². The van der Waals surface area contributed by atoms with Crippen LogP contribution < -0.4 is 5.32 Å². The van der Waals surface area contributed by atoms with Gasteiger partial charge < -0.3 is 10.1 Å². The second-order valence-corrected chi connectivity index (χ2v) is 5.17. The number of carbonyl (C=O) groups excluding carboxylic acids is 2. The fourth-order valence-corrected chi connectivity index (χ4v) is 1.99. The van der Waals surface area contributed by atoms with Crippen molar-refractivity contribution < 1.29 is 23.1 Å². The van der Waals surface area contributed by atoms with Gasteiger partial charge >= 0.3 is 5.97 Å². The Hall–Kier alpha value is -2.28. The van der Waals surface area contributed by atoms with Crippen LogP contribution in [0.3, 0.4) is 0 Å². The van der Waals surface area contributed by atoms with Gasteiger partial charge in [-0.05, 0) is 36.4 Å². The Labute approximate surface area is 133 Å². The van der Waals surface area contributed by atoms with Crippen LogP contribution in [0.25, 0.3) is 0 Å². The Bertz CT molecular complexity index is 722. The molecule has 0 unspecified atom stereocenters. The van der Waals surface area contributed by atoms with Gasteiger partial charge in [-0.3, -0.25) is 4.79 Å². The van der Waals surface area contributed by atoms with E-state index in [1.165, 1.54) is 30.3 Å². The number of halogens is 3. The third-order valence-electron chi connectivity index (χ3n) is 2.59. The first-order valence-electron chi connectivity index (χ1n) is 6.13. The van der Waals surface area contributed by atoms with Gasteiger partial charge in [-0.25, -0.2) is 13.6 Å². The van der Waals surface area contributed by atoms with Crippen molar-refractivity contribution in [3.05, 3.63) is 64.1 Å². The molecule has 0 aliphatic heterocycles. The molecule has 0 atom stereocenters. The van der Waals surface area contributed by atoms with Gasteiger partial charge in [0.15, 0.2) is 6.61 Å². The quantitative estimate of drug-likeness (QED) is 0.838. The molecule has 0 saturated heterocycles. The first kappa shape index (κ1) is 16.1. The lowest BCUT2D eigenvalue weighted by Crippen LogP contribution is -2.21. The van der Waals surface area contributed by atoms with Gasteiger partial charge in [-0.1, -0.05) is 22.0 Å². The van der Waals surface area contributed by atoms with Crippen molar-refractivity contribution in [2.24, 2.45) is 0 Å². The van der Waals surface area contributed by atoms with Gasteiger partial charge in [0.25, 0.3) is 5.91 Å². The fourth-order valence-electron chi connectivity index (χ4n) is 1.63. The van der Waals surface area contributed by atoms with Crippen LogP contribution >= 0.6 is 15.9 Å². The second kappa shape index (κ2) is 7.13. The van der Waals surface area contributed by atoms with E-state index < -0.39 is 30.1 Å². The van der Waals surface area contributed by atoms with Gasteiger partial charge in [-0.2, -0.15) is 0 Å². The predicted octanol–water partition coefficient (Wildman–Crippen LogP) is 3.52. The molecule has 4 nitrogen and oxygen atoms in total. The zero-order valence-corrected chi connectivity index (χ0v) is 12.7. The molecule has 0 spiro atoms. The van der Waals surface area contributed by atoms with Crippen molar-refractivity contribution in [3.8, 4) is 0 Å². The molecule has 0 bridgehead atoms. The van der Waals surface area contributed by atoms with Crippen LogP contribution in [-0.2, 0) is 9.53 Å². The third kappa shape index (κ3) is 4.36. The number of esters is 1. The number of hydrogen-bond donors (Lipinski definition) is 1. The van der Waals surface area contributed by atoms with Crippen molar-refractivity contribution in [1.82, 2.24) is 0 Å². The average Bonchev–Trinajstić information content (AvgIpc) is 2.47. The number of carbonyl (C=O) groups is 2. The molecule has 2 aromatic carbocycles. The van der Waals surface area contributed by atoms with Crippen LogP contribution in [0.2, 0.25) is 0 Å². The van der Waals surface area contributed by atoms with Gasteiger partial charge in [-0.15, -0.1) is 0 Å². The molecule has 0 heterocycles. The molecule has 2 aromatic rings. The van der Waals surface area contributed by atoms with E-state index in [9.17, 15) is 18.4 Å². The van der Waals surface area contributed by atoms with Crippen LogP contribution in [0.1, 0.15) is 10.4 Å². The molecule has 0 aliphatic rings. The normalized spacial score (nSPS) is 10.1. The Morgan fingerprint density at radius 3 is 2.64 bits per heavy atom. The Morgan fingerprint density at radius 2 is 1.91 bits per heavy atom. The highest BCUT2D eigenvalue weighted by Gasteiger charge is 2.15. The minimum atomic E-state index is -0.965. The van der Waals surface area contributed by atoms with Gasteiger partial charge in [0.05, 0.1) is 5.56 Å². The van der Waals surface area contributed by atoms with Crippen LogP contribution in [0.5, 0.6) is 0 Å². The zero-order chi connectivity index (χ0) is 16.1. The Balaban J connectivity index is 1.93. The largest absolute Gasteiger partial charge is 0.452 e. The van der Waals surface area contributed by atoms with E-state index in [1.54, 1.807) is 0 Å². The monoisotopic (exact) mass is 369 g/mol. The van der Waals surface area contributed by atoms with E-state index in [0.717, 1.165) is 12.1 Å². The SMILES string of the molecule is O=C(COC(=O)c1cc(Br)ccc1F)Nc1cccc(F)c1. The van der Waals surface area contributed by atoms with Crippen molar-refractivity contribution in [2.45, 2.75) is 0 Å². The van der Waals surface area contributed by atoms with Crippen LogP contribution in [0, 0.1) is 11.6 Å². The summed E-state index contributed by atoms with van der Waals surface area (Å²) in [7, 11) is 0. The smallest absolute Gasteiger partial charge is 0.341 e. The standard InChI is InChI=1S/C15H10BrF2NO3/c16-9-4-5-13(18)12(6-9)15(21)22-8-14(20)19-11-3-1-2-10(17)7-11/h1-7H,8H2,(H,19,20). The fraction of sp³-hybridized carbons (Fsp3) is 0.0667. The van der Waals surface area contributed by atoms with Crippen molar-refractivity contribution >= 4 is 33.5 Å². The van der Waals surface area contributed by atoms with Crippen molar-refractivity contribution in [3.63, 3.8) is 0 Å². The Kier molecular flexibility index (Phi) is 5.21. The summed E-state index contributed by atoms with van der Waals surface area (Å²) in [6.07, 6.45) is 0. The number of hydrogen-bond acceptors (Lipinski definition) is 3. The number of nitrogens with one attached hydrogen (secondary N) is 1. The molecule has 114 valence electrons. The second-order valence-electron chi connectivity index (χ2n) is 4.26. The van der Waals surface area contributed by atoms with Gasteiger partial charge in [0, 0.05) is 10.2 Å². The summed E-state index contributed by atoms with van der Waals surface area (Å²) < 4.78 is 31.7. The van der Waals surface area contributed by atoms with Crippen molar-refractivity contribution in [1.29, 1.82) is 0 Å². The van der Waals surface area contributed by atoms with Crippen LogP contribution in [0.4, 0.5) is 14.5 Å². The summed E-state index contributed by atoms with van der Waals surface area (Å²) in [5, 5.41) is 2.36. The van der Waals surface area contributed by atoms with E-state index in [4.69, 9.17) is 4.74 Å². The van der Waals surface area contributed by atoms with Gasteiger partial charge in [0.2, 0.25) is 0 Å². The highest BCUT2D eigenvalue weighted by Crippen LogP contribution is 2.16. The van der Waals surface area contributed by atoms with E-state index in [2.05, 4.69) is 21.2 Å². The number of anilines is 1. The first-order valence-corrected chi connectivity index (χ1v) is 6.92. The minimum Gasteiger partial charge on any atom is -0.452 e. The Morgan fingerprint density at radius 1 is 1.14 bits per heavy atom. The molecule has 0 aromatic heterocycles. The molecule has 0 fully saturated rings. The van der Waals surface area contributed by atoms with Crippen LogP contribution in [-0.4, -0.2) is 18.5 Å². The molecule has 0 saturated carbocycles. The summed E-state index contributed by atoms with van der Waals surface area (Å²) >= 11 is 3.11. The molecule has 1 N–H and O–H groups in total. The number of benzene rings is 2. The summed E-state index contributed by atoms with van der Waals surface area (Å²) in [5.74, 6) is -2.88. The molecule has 0 radical (unpaired) electrons. The summed E-state index contributed by atoms with van der Waals surface area (Å²) in [5.41, 5.74) is -0.0531. The van der Waals surface area contributed by atoms with E-state index in [0.29, 0.717) is 4.47 Å². The summed E-state index contributed by atoms with van der Waals surface area (Å²) in [4.78, 5) is 23.3. The van der Waals surface area contributed by atoms with E-state index >= 15 is 0 Å². The topological polar surface area (TPSA) is 55.4 Å². The molecule has 0 aliphatic carbocycles.